The Morgan fingerprint density at radius 3 is 2.08 bits per heavy atom. The molecule has 11 aromatic rings. The van der Waals surface area contributed by atoms with Crippen molar-refractivity contribution in [3.63, 3.8) is 0 Å². The monoisotopic (exact) mass is 863 g/mol. The van der Waals surface area contributed by atoms with Gasteiger partial charge in [0.1, 0.15) is 0 Å². The van der Waals surface area contributed by atoms with E-state index in [1.165, 1.54) is 97.7 Å². The standard InChI is InChI=1S/C62H45N3S/c63-54-37-43(28-27-42(54)36-53-47-21-9-8-20-46(47)50-31-33-58-62(61(50)53)51-24-11-13-25-57(51)65(58)44-17-5-2-6-18-44)55-32-29-41(40-30-34-60-52(35-40)49-23-12-14-26-59(49)66-60)38-56(64-55)48-22-10-7-19-45(48)39-15-3-1-4-16-39/h1-31,33-35,37,53,56H,32,36,38,63H2/t53-,56?/m1/s1. The molecule has 1 unspecified atom stereocenters. The molecule has 66 heavy (non-hydrogen) atoms. The Hall–Kier alpha value is -7.79. The lowest BCUT2D eigenvalue weighted by molar-refractivity contribution is 0.759. The summed E-state index contributed by atoms with van der Waals surface area (Å²) in [6, 6.07) is 75.3. The highest BCUT2D eigenvalue weighted by atomic mass is 32.1. The minimum Gasteiger partial charge on any atom is -0.398 e. The van der Waals surface area contributed by atoms with E-state index in [2.05, 4.69) is 217 Å². The minimum atomic E-state index is -0.0899. The molecule has 0 spiro atoms. The molecular weight excluding hydrogens is 819 g/mol. The van der Waals surface area contributed by atoms with Gasteiger partial charge in [0.25, 0.3) is 0 Å². The van der Waals surface area contributed by atoms with Crippen LogP contribution in [0.3, 0.4) is 0 Å². The van der Waals surface area contributed by atoms with Crippen LogP contribution in [0.4, 0.5) is 5.69 Å². The van der Waals surface area contributed by atoms with Gasteiger partial charge in [0.2, 0.25) is 0 Å². The minimum absolute atomic E-state index is 0.0899. The van der Waals surface area contributed by atoms with E-state index in [4.69, 9.17) is 10.7 Å². The summed E-state index contributed by atoms with van der Waals surface area (Å²) >= 11 is 1.87. The number of allylic oxidation sites excluding steroid dienone is 1. The SMILES string of the molecule is Nc1cc(C2=NC(c3ccccc3-c3ccccc3)CC(c3ccc4sc5ccccc5c4c3)=CC2)ccc1C[C@@H]1c2ccccc2-c2ccc3c(c21)c1ccccc1n3-c1ccccc1. The lowest BCUT2D eigenvalue weighted by atomic mass is 9.86. The van der Waals surface area contributed by atoms with Gasteiger partial charge in [-0.15, -0.1) is 11.3 Å². The van der Waals surface area contributed by atoms with E-state index in [0.29, 0.717) is 6.42 Å². The Kier molecular flexibility index (Phi) is 9.21. The van der Waals surface area contributed by atoms with Crippen molar-refractivity contribution in [1.29, 1.82) is 0 Å². The molecule has 2 N–H and O–H groups in total. The van der Waals surface area contributed by atoms with Crippen molar-refractivity contribution < 1.29 is 0 Å². The molecule has 314 valence electrons. The third kappa shape index (κ3) is 6.35. The van der Waals surface area contributed by atoms with Gasteiger partial charge in [-0.25, -0.2) is 0 Å². The van der Waals surface area contributed by atoms with Crippen molar-refractivity contribution in [3.8, 4) is 27.9 Å². The molecule has 0 fully saturated rings. The highest BCUT2D eigenvalue weighted by Gasteiger charge is 2.33. The van der Waals surface area contributed by atoms with Gasteiger partial charge in [0.05, 0.1) is 17.1 Å². The van der Waals surface area contributed by atoms with Crippen LogP contribution in [0, 0.1) is 0 Å². The summed E-state index contributed by atoms with van der Waals surface area (Å²) in [5.41, 5.74) is 26.6. The van der Waals surface area contributed by atoms with Crippen molar-refractivity contribution in [2.75, 3.05) is 5.73 Å². The summed E-state index contributed by atoms with van der Waals surface area (Å²) in [7, 11) is 0. The Balaban J connectivity index is 0.908. The number of nitrogen functional groups attached to an aromatic ring is 1. The van der Waals surface area contributed by atoms with Crippen LogP contribution in [0.25, 0.3) is 75.5 Å². The molecule has 0 saturated carbocycles. The Bertz CT molecular complexity index is 3760. The second kappa shape index (κ2) is 15.7. The number of hydrogen-bond donors (Lipinski definition) is 1. The van der Waals surface area contributed by atoms with Crippen LogP contribution in [-0.2, 0) is 6.42 Å². The lowest BCUT2D eigenvalue weighted by Crippen LogP contribution is -2.08. The van der Waals surface area contributed by atoms with Gasteiger partial charge in [0.15, 0.2) is 0 Å². The summed E-state index contributed by atoms with van der Waals surface area (Å²) in [6.07, 6.45) is 4.73. The first-order chi connectivity index (χ1) is 32.6. The molecule has 0 saturated heterocycles. The third-order valence-electron chi connectivity index (χ3n) is 14.2. The molecule has 2 aromatic heterocycles. The lowest BCUT2D eigenvalue weighted by Gasteiger charge is -2.20. The maximum absolute atomic E-state index is 7.25. The van der Waals surface area contributed by atoms with E-state index in [9.17, 15) is 0 Å². The molecule has 0 amide bonds. The molecule has 13 rings (SSSR count). The Morgan fingerprint density at radius 1 is 0.530 bits per heavy atom. The van der Waals surface area contributed by atoms with E-state index in [-0.39, 0.29) is 12.0 Å². The largest absolute Gasteiger partial charge is 0.398 e. The third-order valence-corrected chi connectivity index (χ3v) is 15.3. The fourth-order valence-corrected chi connectivity index (χ4v) is 12.2. The van der Waals surface area contributed by atoms with E-state index < -0.39 is 0 Å². The van der Waals surface area contributed by atoms with Crippen molar-refractivity contribution in [2.45, 2.75) is 31.2 Å². The van der Waals surface area contributed by atoms with Crippen LogP contribution in [0.15, 0.2) is 217 Å². The summed E-state index contributed by atoms with van der Waals surface area (Å²) in [5.74, 6) is 0.139. The molecule has 3 nitrogen and oxygen atoms in total. The van der Waals surface area contributed by atoms with Gasteiger partial charge in [-0.2, -0.15) is 0 Å². The second-order valence-corrected chi connectivity index (χ2v) is 18.9. The molecule has 0 radical (unpaired) electrons. The number of hydrogen-bond acceptors (Lipinski definition) is 3. The fraction of sp³-hybridized carbons (Fsp3) is 0.0806. The van der Waals surface area contributed by atoms with E-state index in [1.54, 1.807) is 0 Å². The number of rotatable bonds is 7. The topological polar surface area (TPSA) is 43.3 Å². The van der Waals surface area contributed by atoms with Crippen molar-refractivity contribution in [2.24, 2.45) is 4.99 Å². The summed E-state index contributed by atoms with van der Waals surface area (Å²) in [4.78, 5) is 5.71. The summed E-state index contributed by atoms with van der Waals surface area (Å²) in [6.45, 7) is 0. The van der Waals surface area contributed by atoms with E-state index in [0.717, 1.165) is 35.4 Å². The average Bonchev–Trinajstić information content (AvgIpc) is 3.96. The molecular formula is C62H45N3S. The van der Waals surface area contributed by atoms with Crippen LogP contribution in [0.5, 0.6) is 0 Å². The van der Waals surface area contributed by atoms with E-state index in [1.807, 2.05) is 11.3 Å². The maximum atomic E-state index is 7.25. The van der Waals surface area contributed by atoms with E-state index >= 15 is 0 Å². The second-order valence-electron chi connectivity index (χ2n) is 17.9. The quantitative estimate of drug-likeness (QED) is 0.159. The normalized spacial score (nSPS) is 15.8. The molecule has 3 heterocycles. The highest BCUT2D eigenvalue weighted by Crippen LogP contribution is 2.52. The van der Waals surface area contributed by atoms with Crippen LogP contribution in [-0.4, -0.2) is 10.3 Å². The molecule has 9 aromatic carbocycles. The molecule has 2 atom stereocenters. The number of nitrogens with zero attached hydrogens (tertiary/aromatic N) is 2. The zero-order valence-electron chi connectivity index (χ0n) is 36.4. The Labute approximate surface area is 388 Å². The molecule has 2 aliphatic rings. The number of fused-ring (bicyclic) bond motifs is 10. The number of para-hydroxylation sites is 2. The van der Waals surface area contributed by atoms with Gasteiger partial charge < -0.3 is 10.3 Å². The molecule has 4 heteroatoms. The zero-order chi connectivity index (χ0) is 43.7. The van der Waals surface area contributed by atoms with Crippen LogP contribution < -0.4 is 5.73 Å². The molecule has 0 bridgehead atoms. The van der Waals surface area contributed by atoms with Crippen molar-refractivity contribution in [1.82, 2.24) is 4.57 Å². The van der Waals surface area contributed by atoms with Crippen LogP contribution in [0.1, 0.15) is 58.2 Å². The van der Waals surface area contributed by atoms with Gasteiger partial charge in [0, 0.05) is 60.4 Å². The number of benzene rings is 9. The number of aromatic nitrogens is 1. The predicted molar refractivity (Wildman–Crippen MR) is 280 cm³/mol. The smallest absolute Gasteiger partial charge is 0.0799 e. The number of aliphatic imine (C=N–C) groups is 1. The number of anilines is 1. The maximum Gasteiger partial charge on any atom is 0.0799 e. The molecule has 1 aliphatic carbocycles. The summed E-state index contributed by atoms with van der Waals surface area (Å²) < 4.78 is 5.07. The van der Waals surface area contributed by atoms with Crippen LogP contribution >= 0.6 is 11.3 Å². The first kappa shape index (κ1) is 38.6. The first-order valence-corrected chi connectivity index (χ1v) is 23.9. The Morgan fingerprint density at radius 2 is 1.23 bits per heavy atom. The van der Waals surface area contributed by atoms with Crippen molar-refractivity contribution >= 4 is 70.3 Å². The van der Waals surface area contributed by atoms with Crippen LogP contribution in [0.2, 0.25) is 0 Å². The van der Waals surface area contributed by atoms with Gasteiger partial charge in [-0.3, -0.25) is 4.99 Å². The van der Waals surface area contributed by atoms with Gasteiger partial charge in [-0.05, 0) is 123 Å². The first-order valence-electron chi connectivity index (χ1n) is 23.1. The fourth-order valence-electron chi connectivity index (χ4n) is 11.1. The zero-order valence-corrected chi connectivity index (χ0v) is 37.2. The van der Waals surface area contributed by atoms with Crippen molar-refractivity contribution in [3.05, 3.63) is 246 Å². The number of thiophene rings is 1. The average molecular weight is 864 g/mol. The number of nitrogens with two attached hydrogens (primary N) is 1. The highest BCUT2D eigenvalue weighted by molar-refractivity contribution is 7.25. The van der Waals surface area contributed by atoms with Gasteiger partial charge >= 0.3 is 0 Å². The predicted octanol–water partition coefficient (Wildman–Crippen LogP) is 16.2. The van der Waals surface area contributed by atoms with Gasteiger partial charge in [-0.1, -0.05) is 164 Å². The summed E-state index contributed by atoms with van der Waals surface area (Å²) in [5, 5.41) is 5.24. The molecule has 1 aliphatic heterocycles.